The zero-order valence-electron chi connectivity index (χ0n) is 64.8. The van der Waals surface area contributed by atoms with Crippen LogP contribution in [0.5, 0.6) is 0 Å². The van der Waals surface area contributed by atoms with E-state index in [0.29, 0.717) is 60.4 Å². The van der Waals surface area contributed by atoms with Gasteiger partial charge < -0.3 is 50.3 Å². The molecule has 0 atom stereocenters. The van der Waals surface area contributed by atoms with Crippen molar-refractivity contribution in [2.45, 2.75) is 132 Å². The summed E-state index contributed by atoms with van der Waals surface area (Å²) in [5.74, 6) is -3.66. The summed E-state index contributed by atoms with van der Waals surface area (Å²) < 4.78 is 30.5. The first-order valence-corrected chi connectivity index (χ1v) is 36.8. The summed E-state index contributed by atoms with van der Waals surface area (Å²) in [6.07, 6.45) is 6.78. The Morgan fingerprint density at radius 1 is 0.455 bits per heavy atom. The number of nitrogens with zero attached hydrogens (tertiary/aromatic N) is 7. The third kappa shape index (κ3) is 26.3. The molecule has 3 amide bonds. The van der Waals surface area contributed by atoms with Crippen LogP contribution >= 0.6 is 73.9 Å². The molecule has 0 unspecified atom stereocenters. The van der Waals surface area contributed by atoms with E-state index in [-0.39, 0.29) is 49.3 Å². The summed E-state index contributed by atoms with van der Waals surface area (Å²) in [6, 6.07) is 36.8. The van der Waals surface area contributed by atoms with Gasteiger partial charge in [-0.3, -0.25) is 24.5 Å². The average Bonchev–Trinajstić information content (AvgIpc) is 1.64. The highest BCUT2D eigenvalue weighted by Crippen LogP contribution is 2.33. The number of ether oxygens (including phenoxy) is 5. The fourth-order valence-corrected chi connectivity index (χ4v) is 11.0. The van der Waals surface area contributed by atoms with Crippen LogP contribution in [0.3, 0.4) is 0 Å². The topological polar surface area (TPSA) is 331 Å². The maximum absolute atomic E-state index is 13.4. The van der Waals surface area contributed by atoms with Crippen molar-refractivity contribution in [2.75, 3.05) is 42.0 Å². The second-order valence-corrected chi connectivity index (χ2v) is 32.5. The van der Waals surface area contributed by atoms with Crippen molar-refractivity contribution in [3.63, 3.8) is 0 Å². The zero-order chi connectivity index (χ0) is 84.0. The first kappa shape index (κ1) is 90.3. The normalized spacial score (nSPS) is 11.3. The van der Waals surface area contributed by atoms with Crippen LogP contribution in [-0.4, -0.2) is 121 Å². The van der Waals surface area contributed by atoms with Gasteiger partial charge in [-0.2, -0.15) is 10.2 Å². The fraction of sp³-hybridized carbons (Fsp3) is 0.284. The van der Waals surface area contributed by atoms with Crippen molar-refractivity contribution in [1.29, 1.82) is 0 Å². The molecule has 0 saturated carbocycles. The predicted octanol–water partition coefficient (Wildman–Crippen LogP) is 19.4. The van der Waals surface area contributed by atoms with Crippen LogP contribution < -0.4 is 26.6 Å². The predicted molar refractivity (Wildman–Crippen MR) is 441 cm³/mol. The number of hydrogen-bond donors (Lipinski definition) is 3. The largest absolute Gasteiger partial charge is 0.456 e. The van der Waals surface area contributed by atoms with E-state index in [9.17, 15) is 48.5 Å². The highest BCUT2D eigenvalue weighted by molar-refractivity contribution is 9.10. The molecule has 4 heterocycles. The molecule has 0 spiro atoms. The number of rotatable bonds is 13. The molecule has 31 heteroatoms. The Morgan fingerprint density at radius 2 is 0.804 bits per heavy atom. The summed E-state index contributed by atoms with van der Waals surface area (Å²) in [6.45, 7) is 26.6. The number of halogens is 6. The molecule has 0 aliphatic heterocycles. The van der Waals surface area contributed by atoms with Crippen LogP contribution in [0.4, 0.5) is 28.4 Å². The average molecular weight is 1700 g/mol. The summed E-state index contributed by atoms with van der Waals surface area (Å²) in [5.41, 5.74) is 15.5. The monoisotopic (exact) mass is 1690 g/mol. The van der Waals surface area contributed by atoms with E-state index in [1.54, 1.807) is 247 Å². The van der Waals surface area contributed by atoms with Crippen LogP contribution in [0.2, 0.25) is 25.1 Å². The molecule has 592 valence electrons. The van der Waals surface area contributed by atoms with Crippen molar-refractivity contribution in [3.05, 3.63) is 249 Å². The number of primary amides is 1. The van der Waals surface area contributed by atoms with Gasteiger partial charge in [-0.25, -0.2) is 33.0 Å². The molecule has 5 N–H and O–H groups in total. The molecule has 6 aromatic carbocycles. The molecule has 0 saturated heterocycles. The number of non-ortho nitro benzene ring substituents is 1. The van der Waals surface area contributed by atoms with Crippen molar-refractivity contribution < 1.29 is 67.0 Å². The van der Waals surface area contributed by atoms with Crippen LogP contribution in [0, 0.1) is 10.1 Å². The highest BCUT2D eigenvalue weighted by atomic mass is 79.9. The maximum atomic E-state index is 13.4. The van der Waals surface area contributed by atoms with Crippen molar-refractivity contribution in [2.24, 2.45) is 5.73 Å². The number of pyridine rings is 2. The smallest absolute Gasteiger partial charge is 0.340 e. The number of fused-ring (bicyclic) bond motifs is 2. The SMILES string of the molecule is CC(C)(C)OC(=O)c1cc(N)ccc1Cl.CC(C)(C)OC(=O)c1cc([N+](=O)[O-])ccc1Cl.CN(C(=O)c1ccn2ncc(-c3ccc(C(N)=O)cc3)c2c1)c1ccc(Cl)c(C(=O)OC(C)(C)C)c1.CN(C(=O)c1ccn2ncc(Br)c2c1)c1ccc(Cl)c(C(=O)OC(C)(C)C)c1.CNc1ccc(Cl)c(C(=O)OC(C)(C)C)c1. The Kier molecular flexibility index (Phi) is 30.3. The van der Waals surface area contributed by atoms with Gasteiger partial charge in [0.2, 0.25) is 5.91 Å². The quantitative estimate of drug-likeness (QED) is 0.0317. The molecular formula is C81H86BrCl5N10O15. The van der Waals surface area contributed by atoms with E-state index in [1.165, 1.54) is 34.1 Å². The second kappa shape index (κ2) is 37.6. The third-order valence-electron chi connectivity index (χ3n) is 14.8. The van der Waals surface area contributed by atoms with E-state index in [2.05, 4.69) is 31.4 Å². The summed E-state index contributed by atoms with van der Waals surface area (Å²) >= 11 is 33.4. The number of amides is 3. The molecule has 4 aromatic heterocycles. The number of nitrogens with one attached hydrogen (secondary N) is 1. The molecule has 0 aliphatic carbocycles. The Bertz CT molecular complexity index is 5190. The molecule has 112 heavy (non-hydrogen) atoms. The standard InChI is InChI=1S/C27H25ClN4O4.C20H19BrClN3O3.C12H16ClNO2.C11H12ClNO4.C11H14ClNO2/c1-27(2,3)36-26(35)20-14-19(9-10-22(20)28)31(4)25(34)18-11-12-32-23(13-18)21(15-30-32)16-5-7-17(8-6-16)24(29)33;1-20(2,3)28-19(27)14-10-13(5-6-16(14)22)24(4)18(26)12-7-8-25-17(9-12)15(21)11-23-25;1-12(2,3)16-11(15)9-7-8(14-4)5-6-10(9)13;1-11(2,3)17-10(14)8-6-7(13(15)16)4-5-9(8)12;1-11(2,3)15-10(14)8-6-7(13)4-5-9(8)12/h5-15H,1-4H3,(H2,29,33);5-11H,1-4H3;5-7,14H,1-4H3;4-6H,1-3H3;4-6H,13H2,1-3H3. The molecule has 0 aliphatic rings. The van der Waals surface area contributed by atoms with Gasteiger partial charge >= 0.3 is 29.8 Å². The molecule has 0 fully saturated rings. The molecule has 10 rings (SSSR count). The number of carbonyl (C=O) groups excluding carboxylic acids is 8. The minimum atomic E-state index is -0.684. The zero-order valence-corrected chi connectivity index (χ0v) is 70.1. The lowest BCUT2D eigenvalue weighted by molar-refractivity contribution is -0.384. The minimum Gasteiger partial charge on any atom is -0.456 e. The van der Waals surface area contributed by atoms with Gasteiger partial charge in [0.25, 0.3) is 17.5 Å². The third-order valence-corrected chi connectivity index (χ3v) is 17.0. The van der Waals surface area contributed by atoms with Crippen LogP contribution in [0.15, 0.2) is 169 Å². The fourth-order valence-electron chi connectivity index (χ4n) is 9.60. The number of carbonyl (C=O) groups is 8. The van der Waals surface area contributed by atoms with Crippen molar-refractivity contribution in [1.82, 2.24) is 19.2 Å². The number of nitrogen functional groups attached to an aromatic ring is 1. The number of anilines is 4. The van der Waals surface area contributed by atoms with Crippen LogP contribution in [-0.2, 0) is 23.7 Å². The Hall–Kier alpha value is -10.6. The lowest BCUT2D eigenvalue weighted by atomic mass is 10.0. The Labute approximate surface area is 681 Å². The number of benzene rings is 6. The summed E-state index contributed by atoms with van der Waals surface area (Å²) in [5, 5.41) is 23.4. The highest BCUT2D eigenvalue weighted by Gasteiger charge is 2.28. The van der Waals surface area contributed by atoms with E-state index in [1.807, 2.05) is 20.8 Å². The van der Waals surface area contributed by atoms with Gasteiger partial charge in [0.1, 0.15) is 28.0 Å². The van der Waals surface area contributed by atoms with Gasteiger partial charge in [-0.15, -0.1) is 0 Å². The number of hydrogen-bond acceptors (Lipinski definition) is 19. The Balaban J connectivity index is 0.000000229. The number of nitro benzene ring substituents is 1. The number of nitrogens with two attached hydrogens (primary N) is 2. The molecule has 25 nitrogen and oxygen atoms in total. The van der Waals surface area contributed by atoms with Gasteiger partial charge in [-0.1, -0.05) is 70.1 Å². The molecule has 10 aromatic rings. The van der Waals surface area contributed by atoms with Gasteiger partial charge in [0.05, 0.1) is 85.8 Å². The summed E-state index contributed by atoms with van der Waals surface area (Å²) in [4.78, 5) is 111. The van der Waals surface area contributed by atoms with Crippen molar-refractivity contribution in [3.8, 4) is 11.1 Å². The van der Waals surface area contributed by atoms with Gasteiger partial charge in [0, 0.05) is 90.7 Å². The first-order valence-electron chi connectivity index (χ1n) is 34.1. The lowest BCUT2D eigenvalue weighted by Crippen LogP contribution is -2.27. The molecular weight excluding hydrogens is 1610 g/mol. The molecule has 0 bridgehead atoms. The minimum absolute atomic E-state index is 0.00390. The van der Waals surface area contributed by atoms with Gasteiger partial charge in [-0.05, 0) is 241 Å². The second-order valence-electron chi connectivity index (χ2n) is 29.7. The van der Waals surface area contributed by atoms with E-state index in [4.69, 9.17) is 93.2 Å². The van der Waals surface area contributed by atoms with E-state index in [0.717, 1.165) is 32.9 Å². The number of aromatic nitrogens is 4. The number of esters is 5. The number of nitro groups is 1. The summed E-state index contributed by atoms with van der Waals surface area (Å²) in [7, 11) is 5.04. The first-order chi connectivity index (χ1) is 51.8. The lowest BCUT2D eigenvalue weighted by Gasteiger charge is -2.22. The molecule has 0 radical (unpaired) electrons. The van der Waals surface area contributed by atoms with Gasteiger partial charge in [0.15, 0.2) is 0 Å². The van der Waals surface area contributed by atoms with Crippen LogP contribution in [0.1, 0.15) is 187 Å². The van der Waals surface area contributed by atoms with E-state index >= 15 is 0 Å². The Morgan fingerprint density at radius 3 is 1.20 bits per heavy atom. The van der Waals surface area contributed by atoms with Crippen molar-refractivity contribution >= 4 is 161 Å². The van der Waals surface area contributed by atoms with Crippen LogP contribution in [0.25, 0.3) is 22.2 Å². The maximum Gasteiger partial charge on any atom is 0.340 e. The van der Waals surface area contributed by atoms with E-state index < -0.39 is 68.7 Å².